The average molecular weight is 476 g/mol. The lowest BCUT2D eigenvalue weighted by molar-refractivity contribution is 0.115. The number of aromatic nitrogens is 1. The maximum atomic E-state index is 6.33. The molecule has 178 valence electrons. The van der Waals surface area contributed by atoms with Crippen LogP contribution < -0.4 is 15.3 Å². The van der Waals surface area contributed by atoms with Crippen LogP contribution in [0.25, 0.3) is 22.4 Å². The van der Waals surface area contributed by atoms with Crippen molar-refractivity contribution in [2.75, 3.05) is 45.9 Å². The number of halogens is 1. The monoisotopic (exact) mass is 475 g/mol. The minimum Gasteiger partial charge on any atom is -0.492 e. The number of aryl methyl sites for hydroxylation is 1. The molecule has 1 aliphatic carbocycles. The van der Waals surface area contributed by atoms with Crippen molar-refractivity contribution in [2.24, 2.45) is 0 Å². The van der Waals surface area contributed by atoms with Crippen LogP contribution >= 0.6 is 11.6 Å². The smallest absolute Gasteiger partial charge is 0.127 e. The Balaban J connectivity index is 1.06. The molecule has 0 radical (unpaired) electrons. The Morgan fingerprint density at radius 3 is 2.47 bits per heavy atom. The third-order valence-electron chi connectivity index (χ3n) is 7.07. The van der Waals surface area contributed by atoms with Crippen LogP contribution in [0.4, 0.5) is 0 Å². The number of hydrogen-bond donors (Lipinski definition) is 0. The molecule has 1 fully saturated rings. The Morgan fingerprint density at radius 2 is 1.65 bits per heavy atom. The minimum absolute atomic E-state index is 0.700. The lowest BCUT2D eigenvalue weighted by atomic mass is 10.1. The summed E-state index contributed by atoms with van der Waals surface area (Å²) >= 11 is 6.33. The average Bonchev–Trinajstić information content (AvgIpc) is 3.17. The maximum absolute atomic E-state index is 6.33. The fourth-order valence-corrected chi connectivity index (χ4v) is 5.39. The van der Waals surface area contributed by atoms with Crippen molar-refractivity contribution in [3.8, 4) is 5.75 Å². The van der Waals surface area contributed by atoms with Gasteiger partial charge in [-0.3, -0.25) is 4.90 Å². The van der Waals surface area contributed by atoms with Gasteiger partial charge in [-0.15, -0.1) is 0 Å². The Morgan fingerprint density at radius 1 is 0.882 bits per heavy atom. The van der Waals surface area contributed by atoms with Crippen molar-refractivity contribution in [3.05, 3.63) is 76.4 Å². The number of benzene rings is 2. The SMILES string of the molecule is CC1=c2c(ccn2CCCN2CCN(CCOc3ccc(Cl)c4ccccc34)CC2)=CC=CC1. The molecule has 0 atom stereocenters. The van der Waals surface area contributed by atoms with Gasteiger partial charge in [0.25, 0.3) is 0 Å². The minimum atomic E-state index is 0.700. The molecule has 0 unspecified atom stereocenters. The van der Waals surface area contributed by atoms with Gasteiger partial charge in [-0.05, 0) is 55.3 Å². The molecule has 2 heterocycles. The molecule has 0 saturated carbocycles. The predicted molar refractivity (Wildman–Crippen MR) is 143 cm³/mol. The number of fused-ring (bicyclic) bond motifs is 2. The van der Waals surface area contributed by atoms with Crippen LogP contribution in [0.15, 0.2) is 60.8 Å². The molecule has 5 heteroatoms. The first-order chi connectivity index (χ1) is 16.7. The van der Waals surface area contributed by atoms with Gasteiger partial charge in [-0.25, -0.2) is 0 Å². The van der Waals surface area contributed by atoms with E-state index in [1.165, 1.54) is 22.6 Å². The number of piperazine rings is 1. The van der Waals surface area contributed by atoms with E-state index in [1.54, 1.807) is 0 Å². The molecule has 0 spiro atoms. The second-order valence-corrected chi connectivity index (χ2v) is 9.78. The number of nitrogens with zero attached hydrogens (tertiary/aromatic N) is 3. The van der Waals surface area contributed by atoms with E-state index in [-0.39, 0.29) is 0 Å². The molecule has 3 aromatic rings. The number of rotatable bonds is 8. The molecule has 1 saturated heterocycles. The third-order valence-corrected chi connectivity index (χ3v) is 7.40. The molecule has 1 aliphatic heterocycles. The summed E-state index contributed by atoms with van der Waals surface area (Å²) in [6.45, 7) is 10.7. The van der Waals surface area contributed by atoms with Gasteiger partial charge in [0.2, 0.25) is 0 Å². The lowest BCUT2D eigenvalue weighted by Crippen LogP contribution is -2.47. The number of ether oxygens (including phenoxy) is 1. The van der Waals surface area contributed by atoms with Gasteiger partial charge in [0.15, 0.2) is 0 Å². The van der Waals surface area contributed by atoms with Crippen molar-refractivity contribution >= 4 is 34.0 Å². The zero-order chi connectivity index (χ0) is 23.3. The Bertz CT molecular complexity index is 1280. The van der Waals surface area contributed by atoms with Gasteiger partial charge in [-0.2, -0.15) is 0 Å². The number of allylic oxidation sites excluding steroid dienone is 2. The molecule has 0 N–H and O–H groups in total. The fourth-order valence-electron chi connectivity index (χ4n) is 5.16. The zero-order valence-corrected chi connectivity index (χ0v) is 20.8. The van der Waals surface area contributed by atoms with Gasteiger partial charge in [0.1, 0.15) is 12.4 Å². The molecule has 0 amide bonds. The van der Waals surface area contributed by atoms with E-state index in [0.29, 0.717) is 6.61 Å². The van der Waals surface area contributed by atoms with E-state index in [0.717, 1.165) is 73.8 Å². The zero-order valence-electron chi connectivity index (χ0n) is 20.0. The normalized spacial score (nSPS) is 16.9. The predicted octanol–water partition coefficient (Wildman–Crippen LogP) is 4.29. The van der Waals surface area contributed by atoms with Gasteiger partial charge < -0.3 is 14.2 Å². The van der Waals surface area contributed by atoms with Crippen molar-refractivity contribution < 1.29 is 4.74 Å². The standard InChI is InChI=1S/C29H34ClN3O/c1-23-7-2-3-8-24-13-16-33(29(23)24)15-6-14-31-17-19-32(20-18-31)21-22-34-28-12-11-27(30)25-9-4-5-10-26(25)28/h2-5,8-13,16H,6-7,14-15,17-22H2,1H3. The highest BCUT2D eigenvalue weighted by atomic mass is 35.5. The first kappa shape index (κ1) is 23.2. The van der Waals surface area contributed by atoms with Crippen LogP contribution in [-0.2, 0) is 6.54 Å². The molecule has 5 rings (SSSR count). The van der Waals surface area contributed by atoms with Gasteiger partial charge in [0, 0.05) is 66.6 Å². The van der Waals surface area contributed by atoms with Crippen molar-refractivity contribution in [1.29, 1.82) is 0 Å². The summed E-state index contributed by atoms with van der Waals surface area (Å²) in [4.78, 5) is 5.12. The molecule has 4 nitrogen and oxygen atoms in total. The quantitative estimate of drug-likeness (QED) is 0.484. The summed E-state index contributed by atoms with van der Waals surface area (Å²) in [5.74, 6) is 0.919. The van der Waals surface area contributed by atoms with Crippen LogP contribution in [0.2, 0.25) is 5.02 Å². The first-order valence-corrected chi connectivity index (χ1v) is 12.8. The molecule has 1 aromatic heterocycles. The number of hydrogen-bond acceptors (Lipinski definition) is 3. The molecular weight excluding hydrogens is 442 g/mol. The van der Waals surface area contributed by atoms with Crippen LogP contribution in [0.5, 0.6) is 5.75 Å². The highest BCUT2D eigenvalue weighted by molar-refractivity contribution is 6.35. The maximum Gasteiger partial charge on any atom is 0.127 e. The second-order valence-electron chi connectivity index (χ2n) is 9.37. The molecule has 2 aliphatic rings. The summed E-state index contributed by atoms with van der Waals surface area (Å²) in [7, 11) is 0. The second kappa shape index (κ2) is 10.8. The lowest BCUT2D eigenvalue weighted by Gasteiger charge is -2.34. The summed E-state index contributed by atoms with van der Waals surface area (Å²) in [5, 5.41) is 5.68. The Hall–Kier alpha value is -2.53. The van der Waals surface area contributed by atoms with Crippen molar-refractivity contribution in [1.82, 2.24) is 14.4 Å². The van der Waals surface area contributed by atoms with Crippen LogP contribution in [0, 0.1) is 0 Å². The van der Waals surface area contributed by atoms with Gasteiger partial charge >= 0.3 is 0 Å². The van der Waals surface area contributed by atoms with Gasteiger partial charge in [-0.1, -0.05) is 54.1 Å². The highest BCUT2D eigenvalue weighted by Crippen LogP contribution is 2.31. The van der Waals surface area contributed by atoms with E-state index in [1.807, 2.05) is 30.3 Å². The largest absolute Gasteiger partial charge is 0.492 e. The summed E-state index contributed by atoms with van der Waals surface area (Å²) in [6, 6.07) is 14.3. The summed E-state index contributed by atoms with van der Waals surface area (Å²) < 4.78 is 8.59. The van der Waals surface area contributed by atoms with E-state index >= 15 is 0 Å². The van der Waals surface area contributed by atoms with Crippen molar-refractivity contribution in [3.63, 3.8) is 0 Å². The summed E-state index contributed by atoms with van der Waals surface area (Å²) in [5.41, 5.74) is 1.47. The van der Waals surface area contributed by atoms with Crippen LogP contribution in [0.3, 0.4) is 0 Å². The molecule has 34 heavy (non-hydrogen) atoms. The van der Waals surface area contributed by atoms with E-state index in [9.17, 15) is 0 Å². The fraction of sp³-hybridized carbons (Fsp3) is 0.379. The molecular formula is C29H34ClN3O. The third kappa shape index (κ3) is 5.25. The van der Waals surface area contributed by atoms with Crippen LogP contribution in [-0.4, -0.2) is 60.2 Å². The topological polar surface area (TPSA) is 20.6 Å². The van der Waals surface area contributed by atoms with Crippen molar-refractivity contribution in [2.45, 2.75) is 26.3 Å². The Labute approximate surface area is 207 Å². The molecule has 0 bridgehead atoms. The van der Waals surface area contributed by atoms with E-state index in [4.69, 9.17) is 16.3 Å². The highest BCUT2D eigenvalue weighted by Gasteiger charge is 2.16. The van der Waals surface area contributed by atoms with Gasteiger partial charge in [0.05, 0.1) is 0 Å². The molecule has 2 aromatic carbocycles. The first-order valence-electron chi connectivity index (χ1n) is 12.5. The van der Waals surface area contributed by atoms with Crippen LogP contribution in [0.1, 0.15) is 19.8 Å². The summed E-state index contributed by atoms with van der Waals surface area (Å²) in [6.07, 6.45) is 11.2. The Kier molecular flexibility index (Phi) is 7.39. The van der Waals surface area contributed by atoms with E-state index in [2.05, 4.69) is 57.8 Å². The van der Waals surface area contributed by atoms with E-state index < -0.39 is 0 Å².